The molecule has 3 aromatic rings. The fourth-order valence-electron chi connectivity index (χ4n) is 7.97. The lowest BCUT2D eigenvalue weighted by Crippen LogP contribution is -2.53. The van der Waals surface area contributed by atoms with Gasteiger partial charge in [-0.05, 0) is 78.4 Å². The summed E-state index contributed by atoms with van der Waals surface area (Å²) in [7, 11) is 0. The minimum Gasteiger partial charge on any atom is -0.508 e. The van der Waals surface area contributed by atoms with E-state index in [0.29, 0.717) is 26.6 Å². The maximum absolute atomic E-state index is 15.0. The number of rotatable bonds is 4. The smallest absolute Gasteiger partial charge is 0.328 e. The first-order chi connectivity index (χ1) is 21.9. The first-order valence-corrected chi connectivity index (χ1v) is 15.2. The minimum absolute atomic E-state index is 0.0282. The molecule has 3 fully saturated rings. The van der Waals surface area contributed by atoms with Gasteiger partial charge in [0.1, 0.15) is 11.6 Å². The number of halogens is 3. The summed E-state index contributed by atoms with van der Waals surface area (Å²) < 4.78 is 13.7. The molecule has 0 bridgehead atoms. The molecule has 0 radical (unpaired) electrons. The number of hydrazine groups is 1. The summed E-state index contributed by atoms with van der Waals surface area (Å²) in [6, 6.07) is 14.8. The average Bonchev–Trinajstić information content (AvgIpc) is 3.40. The van der Waals surface area contributed by atoms with Crippen LogP contribution < -0.4 is 11.2 Å². The lowest BCUT2D eigenvalue weighted by atomic mass is 9.49. The summed E-state index contributed by atoms with van der Waals surface area (Å²) in [6.45, 7) is 0. The van der Waals surface area contributed by atoms with Crippen molar-refractivity contribution in [1.29, 1.82) is 0 Å². The quantitative estimate of drug-likeness (QED) is 0.266. The maximum Gasteiger partial charge on any atom is 0.328 e. The number of anilines is 1. The Labute approximate surface area is 271 Å². The van der Waals surface area contributed by atoms with Crippen molar-refractivity contribution >= 4 is 58.5 Å². The molecule has 1 saturated carbocycles. The van der Waals surface area contributed by atoms with Crippen LogP contribution in [0, 0.1) is 29.5 Å². The molecule has 0 spiro atoms. The van der Waals surface area contributed by atoms with Gasteiger partial charge in [-0.3, -0.25) is 24.6 Å². The molecule has 6 atom stereocenters. The molecule has 10 nitrogen and oxygen atoms in total. The topological polar surface area (TPSA) is 150 Å². The monoisotopic (exact) mass is 662 g/mol. The minimum atomic E-state index is -1.64. The van der Waals surface area contributed by atoms with E-state index in [2.05, 4.69) is 5.43 Å². The van der Waals surface area contributed by atoms with E-state index in [1.807, 2.05) is 0 Å². The van der Waals surface area contributed by atoms with Crippen molar-refractivity contribution in [2.75, 3.05) is 5.43 Å². The number of carbonyl (C=O) groups excluding carboxylic acids is 5. The van der Waals surface area contributed by atoms with E-state index in [1.54, 1.807) is 36.4 Å². The number of amides is 6. The summed E-state index contributed by atoms with van der Waals surface area (Å²) in [4.78, 5) is 68.9. The zero-order valence-electron chi connectivity index (χ0n) is 23.8. The highest BCUT2D eigenvalue weighted by molar-refractivity contribution is 6.32. The Kier molecular flexibility index (Phi) is 6.95. The van der Waals surface area contributed by atoms with Crippen LogP contribution in [-0.4, -0.2) is 44.7 Å². The lowest BCUT2D eigenvalue weighted by molar-refractivity contribution is -0.139. The predicted octanol–water partition coefficient (Wildman–Crippen LogP) is 4.90. The Bertz CT molecular complexity index is 1880. The van der Waals surface area contributed by atoms with Gasteiger partial charge in [-0.25, -0.2) is 9.18 Å². The summed E-state index contributed by atoms with van der Waals surface area (Å²) in [5, 5.41) is 11.6. The number of hydrogen-bond acceptors (Lipinski definition) is 7. The molecule has 2 aliphatic heterocycles. The van der Waals surface area contributed by atoms with Crippen molar-refractivity contribution in [2.24, 2.45) is 29.4 Å². The van der Waals surface area contributed by atoms with E-state index in [0.717, 1.165) is 5.01 Å². The molecule has 2 saturated heterocycles. The Hall–Kier alpha value is -4.74. The third kappa shape index (κ3) is 4.18. The van der Waals surface area contributed by atoms with Crippen LogP contribution in [0.2, 0.25) is 10.0 Å². The van der Waals surface area contributed by atoms with E-state index in [9.17, 15) is 33.5 Å². The Morgan fingerprint density at radius 1 is 0.935 bits per heavy atom. The molecule has 7 rings (SSSR count). The van der Waals surface area contributed by atoms with Crippen LogP contribution in [0.25, 0.3) is 0 Å². The number of allylic oxidation sites excluding steroid dienone is 2. The molecule has 3 aromatic carbocycles. The molecule has 4 N–H and O–H groups in total. The molecule has 2 heterocycles. The highest BCUT2D eigenvalue weighted by Gasteiger charge is 2.70. The van der Waals surface area contributed by atoms with Gasteiger partial charge >= 0.3 is 6.03 Å². The van der Waals surface area contributed by atoms with Gasteiger partial charge in [-0.15, -0.1) is 0 Å². The number of benzene rings is 3. The summed E-state index contributed by atoms with van der Waals surface area (Å²) in [5.41, 5.74) is 8.36. The van der Waals surface area contributed by atoms with Crippen LogP contribution in [0.15, 0.2) is 78.4 Å². The van der Waals surface area contributed by atoms with Crippen LogP contribution >= 0.6 is 23.2 Å². The van der Waals surface area contributed by atoms with Gasteiger partial charge in [0.15, 0.2) is 0 Å². The van der Waals surface area contributed by atoms with E-state index in [4.69, 9.17) is 28.9 Å². The summed E-state index contributed by atoms with van der Waals surface area (Å²) in [6.07, 6.45) is 1.84. The van der Waals surface area contributed by atoms with Crippen LogP contribution in [0.4, 0.5) is 14.9 Å². The first-order valence-electron chi connectivity index (χ1n) is 14.5. The molecular formula is C33H25Cl2FN4O6. The summed E-state index contributed by atoms with van der Waals surface area (Å²) >= 11 is 13.1. The molecular weight excluding hydrogens is 638 g/mol. The normalized spacial score (nSPS) is 28.5. The summed E-state index contributed by atoms with van der Waals surface area (Å²) in [5.74, 6) is -8.05. The second-order valence-corrected chi connectivity index (χ2v) is 12.8. The first kappa shape index (κ1) is 29.9. The van der Waals surface area contributed by atoms with Crippen LogP contribution in [0.5, 0.6) is 5.75 Å². The number of likely N-dealkylation sites (tertiary alicyclic amines) is 1. The van der Waals surface area contributed by atoms with Crippen LogP contribution in [-0.2, 0) is 24.6 Å². The number of phenols is 1. The number of aromatic hydroxyl groups is 1. The van der Waals surface area contributed by atoms with Crippen LogP contribution in [0.3, 0.4) is 0 Å². The average molecular weight is 663 g/mol. The van der Waals surface area contributed by atoms with E-state index in [-0.39, 0.29) is 29.3 Å². The Morgan fingerprint density at radius 2 is 1.63 bits per heavy atom. The van der Waals surface area contributed by atoms with Crippen molar-refractivity contribution in [3.8, 4) is 5.75 Å². The molecule has 13 heteroatoms. The SMILES string of the molecule is NC(=O)N1C(=O)C2CC=C3C(CC4C(=O)N(Nc5ccc(F)cc5)C(=O)C4(c4ccc(Cl)cc4)C3c3ccc(O)cc3Cl)C2C1=O. The Balaban J connectivity index is 1.47. The zero-order valence-corrected chi connectivity index (χ0v) is 25.3. The number of nitrogens with two attached hydrogens (primary N) is 1. The van der Waals surface area contributed by atoms with Gasteiger partial charge < -0.3 is 10.8 Å². The number of phenolic OH excluding ortho intramolecular Hbond substituents is 1. The van der Waals surface area contributed by atoms with Crippen molar-refractivity contribution in [3.05, 3.63) is 105 Å². The number of nitrogens with zero attached hydrogens (tertiary/aromatic N) is 2. The number of fused-ring (bicyclic) bond motifs is 4. The number of nitrogens with one attached hydrogen (secondary N) is 1. The van der Waals surface area contributed by atoms with E-state index in [1.165, 1.54) is 36.4 Å². The maximum atomic E-state index is 15.0. The molecule has 6 unspecified atom stereocenters. The molecule has 234 valence electrons. The molecule has 0 aromatic heterocycles. The van der Waals surface area contributed by atoms with E-state index < -0.39 is 70.5 Å². The van der Waals surface area contributed by atoms with Crippen molar-refractivity contribution in [2.45, 2.75) is 24.2 Å². The third-order valence-corrected chi connectivity index (χ3v) is 10.4. The van der Waals surface area contributed by atoms with Gasteiger partial charge in [0.25, 0.3) is 11.8 Å². The Morgan fingerprint density at radius 3 is 2.28 bits per heavy atom. The van der Waals surface area contributed by atoms with Gasteiger partial charge in [0.05, 0.1) is 28.9 Å². The van der Waals surface area contributed by atoms with Gasteiger partial charge in [-0.2, -0.15) is 9.91 Å². The van der Waals surface area contributed by atoms with Gasteiger partial charge in [0.2, 0.25) is 11.8 Å². The van der Waals surface area contributed by atoms with Gasteiger partial charge in [-0.1, -0.05) is 53.1 Å². The van der Waals surface area contributed by atoms with Crippen molar-refractivity contribution in [1.82, 2.24) is 9.91 Å². The fraction of sp³-hybridized carbons (Fsp3) is 0.242. The van der Waals surface area contributed by atoms with Crippen LogP contribution in [0.1, 0.15) is 29.9 Å². The lowest BCUT2D eigenvalue weighted by Gasteiger charge is -2.50. The van der Waals surface area contributed by atoms with E-state index >= 15 is 0 Å². The second-order valence-electron chi connectivity index (χ2n) is 11.9. The molecule has 6 amide bonds. The predicted molar refractivity (Wildman–Crippen MR) is 164 cm³/mol. The van der Waals surface area contributed by atoms with Crippen molar-refractivity contribution in [3.63, 3.8) is 0 Å². The third-order valence-electron chi connectivity index (χ3n) is 9.77. The van der Waals surface area contributed by atoms with Gasteiger partial charge in [0, 0.05) is 16.0 Å². The highest BCUT2D eigenvalue weighted by atomic mass is 35.5. The van der Waals surface area contributed by atoms with Crippen molar-refractivity contribution < 1.29 is 33.5 Å². The standard InChI is InChI=1S/C33H25Cl2FN4O6/c34-16-3-1-15(2-4-16)33-24(29(43)40(31(33)45)38-18-7-5-17(36)6-8-18)14-23-20(27(33)21-10-9-19(41)13-25(21)35)11-12-22-26(23)30(44)39(28(22)42)32(37)46/h1-11,13,22-24,26-27,38,41H,12,14H2,(H2,37,46). The number of carbonyl (C=O) groups is 5. The fourth-order valence-corrected chi connectivity index (χ4v) is 8.38. The highest BCUT2D eigenvalue weighted by Crippen LogP contribution is 2.64. The second kappa shape index (κ2) is 10.7. The number of urea groups is 1. The molecule has 4 aliphatic rings. The molecule has 46 heavy (non-hydrogen) atoms. The molecule has 2 aliphatic carbocycles. The zero-order chi connectivity index (χ0) is 32.7. The number of primary amides is 1. The number of hydrogen-bond donors (Lipinski definition) is 3. The largest absolute Gasteiger partial charge is 0.508 e. The number of imide groups is 4.